The van der Waals surface area contributed by atoms with Gasteiger partial charge in [-0.1, -0.05) is 39.6 Å². The van der Waals surface area contributed by atoms with E-state index in [-0.39, 0.29) is 68.0 Å². The van der Waals surface area contributed by atoms with E-state index in [0.29, 0.717) is 22.6 Å². The molecule has 0 spiro atoms. The summed E-state index contributed by atoms with van der Waals surface area (Å²) in [5, 5.41) is 8.02. The lowest BCUT2D eigenvalue weighted by Crippen LogP contribution is -2.55. The summed E-state index contributed by atoms with van der Waals surface area (Å²) in [4.78, 5) is 5.05. The summed E-state index contributed by atoms with van der Waals surface area (Å²) in [6.07, 6.45) is 1.20. The maximum absolute atomic E-state index is 16.2. The molecule has 4 heterocycles. The van der Waals surface area contributed by atoms with E-state index in [1.165, 1.54) is 18.4 Å². The van der Waals surface area contributed by atoms with Crippen molar-refractivity contribution in [3.63, 3.8) is 0 Å². The number of rotatable bonds is 17. The van der Waals surface area contributed by atoms with Crippen LogP contribution < -0.4 is 19.7 Å². The Balaban J connectivity index is 1.13. The summed E-state index contributed by atoms with van der Waals surface area (Å²) in [7, 11) is 0.627. The second-order valence-corrected chi connectivity index (χ2v) is 23.1. The molecule has 1 unspecified atom stereocenters. The predicted octanol–water partition coefficient (Wildman–Crippen LogP) is 9.05. The average molecular weight is 866 g/mol. The highest BCUT2D eigenvalue weighted by Crippen LogP contribution is 2.47. The minimum atomic E-state index is -1.54. The lowest BCUT2D eigenvalue weighted by Gasteiger charge is -2.41. The molecule has 0 bridgehead atoms. The van der Waals surface area contributed by atoms with Crippen molar-refractivity contribution in [3.8, 4) is 39.8 Å². The third kappa shape index (κ3) is 9.66. The maximum atomic E-state index is 16.2. The van der Waals surface area contributed by atoms with Crippen LogP contribution in [0.25, 0.3) is 43.4 Å². The largest absolute Gasteiger partial charge is 0.501 e. The van der Waals surface area contributed by atoms with Gasteiger partial charge in [0.05, 0.1) is 66.5 Å². The number of methoxy groups -OCH3 is 1. The van der Waals surface area contributed by atoms with E-state index in [1.807, 2.05) is 50.5 Å². The van der Waals surface area contributed by atoms with Crippen molar-refractivity contribution in [2.24, 2.45) is 12.5 Å². The van der Waals surface area contributed by atoms with Crippen LogP contribution in [-0.4, -0.2) is 89.4 Å². The van der Waals surface area contributed by atoms with Crippen LogP contribution in [0.2, 0.25) is 25.7 Å². The topological polar surface area (TPSA) is 95.3 Å². The minimum Gasteiger partial charge on any atom is -0.491 e. The van der Waals surface area contributed by atoms with Gasteiger partial charge in [0.1, 0.15) is 48.0 Å². The molecule has 0 radical (unpaired) electrons. The van der Waals surface area contributed by atoms with Crippen molar-refractivity contribution < 1.29 is 50.6 Å². The van der Waals surface area contributed by atoms with Gasteiger partial charge in [-0.05, 0) is 29.6 Å². The molecular weight excluding hydrogens is 817 g/mol. The lowest BCUT2D eigenvalue weighted by molar-refractivity contribution is -0.0772. The van der Waals surface area contributed by atoms with E-state index in [4.69, 9.17) is 38.0 Å². The number of fused-ring (bicyclic) bond motifs is 2. The first kappa shape index (κ1) is 43.6. The molecule has 1 saturated heterocycles. The summed E-state index contributed by atoms with van der Waals surface area (Å²) < 4.78 is 104. The zero-order valence-corrected chi connectivity index (χ0v) is 36.5. The number of nitrogens with zero attached hydrogens (tertiary/aromatic N) is 3. The van der Waals surface area contributed by atoms with Crippen molar-refractivity contribution in [1.29, 1.82) is 0 Å². The van der Waals surface area contributed by atoms with Crippen LogP contribution in [0, 0.1) is 28.7 Å². The quantitative estimate of drug-likeness (QED) is 0.0506. The van der Waals surface area contributed by atoms with Crippen molar-refractivity contribution in [1.82, 2.24) is 14.8 Å². The molecule has 0 saturated carbocycles. The molecule has 10 nitrogen and oxygen atoms in total. The van der Waals surface area contributed by atoms with Gasteiger partial charge in [0.15, 0.2) is 0 Å². The third-order valence-electron chi connectivity index (χ3n) is 10.3. The second kappa shape index (κ2) is 18.2. The van der Waals surface area contributed by atoms with Gasteiger partial charge in [0, 0.05) is 79.6 Å². The molecule has 1 atom stereocenters. The van der Waals surface area contributed by atoms with Crippen LogP contribution in [0.3, 0.4) is 0 Å². The summed E-state index contributed by atoms with van der Waals surface area (Å²) in [6, 6.07) is 12.5. The van der Waals surface area contributed by atoms with Crippen LogP contribution in [0.1, 0.15) is 13.8 Å². The van der Waals surface area contributed by atoms with Gasteiger partial charge >= 0.3 is 7.12 Å². The molecule has 6 aromatic rings. The highest BCUT2D eigenvalue weighted by atomic mass is 32.1. The van der Waals surface area contributed by atoms with Crippen molar-refractivity contribution in [3.05, 3.63) is 83.4 Å². The lowest BCUT2D eigenvalue weighted by atomic mass is 9.72. The number of halogens is 4. The van der Waals surface area contributed by atoms with Crippen molar-refractivity contribution in [2.75, 3.05) is 53.4 Å². The molecule has 0 aliphatic carbocycles. The number of hydrogen-bond donors (Lipinski definition) is 0. The third-order valence-corrected chi connectivity index (χ3v) is 12.9. The molecule has 1 aliphatic rings. The Kier molecular flexibility index (Phi) is 13.2. The van der Waals surface area contributed by atoms with E-state index in [9.17, 15) is 8.78 Å². The molecule has 1 fully saturated rings. The first-order valence-electron chi connectivity index (χ1n) is 19.7. The summed E-state index contributed by atoms with van der Waals surface area (Å²) >= 11 is 1.41. The highest BCUT2D eigenvalue weighted by Gasteiger charge is 2.44. The fourth-order valence-corrected chi connectivity index (χ4v) is 8.59. The normalized spacial score (nSPS) is 15.6. The SMILES string of the molecule is COCCOc1cc(F)cc(F)c1B1OCC(C)(C)C(COCCOc2cc(F)cc(F)c2-c2c(OCC[Si](C)(C)C)nc(-c3ccc4c(cnn4C)c3)c3ccsc23)O1. The van der Waals surface area contributed by atoms with E-state index in [0.717, 1.165) is 52.2 Å². The average Bonchev–Trinajstić information content (AvgIpc) is 3.82. The van der Waals surface area contributed by atoms with Crippen LogP contribution >= 0.6 is 11.3 Å². The number of pyridine rings is 1. The highest BCUT2D eigenvalue weighted by molar-refractivity contribution is 7.18. The van der Waals surface area contributed by atoms with Gasteiger partial charge in [-0.25, -0.2) is 22.5 Å². The van der Waals surface area contributed by atoms with Gasteiger partial charge in [-0.15, -0.1) is 11.3 Å². The fraction of sp³-hybridized carbons (Fsp3) is 0.395. The van der Waals surface area contributed by atoms with Crippen LogP contribution in [0.5, 0.6) is 17.4 Å². The number of hydrogen-bond acceptors (Lipinski definition) is 10. The predicted molar refractivity (Wildman–Crippen MR) is 228 cm³/mol. The van der Waals surface area contributed by atoms with Gasteiger partial charge in [-0.3, -0.25) is 4.68 Å². The van der Waals surface area contributed by atoms with E-state index in [2.05, 4.69) is 24.7 Å². The molecule has 17 heteroatoms. The zero-order valence-electron chi connectivity index (χ0n) is 34.7. The molecule has 3 aromatic carbocycles. The van der Waals surface area contributed by atoms with E-state index < -0.39 is 50.0 Å². The van der Waals surface area contributed by atoms with Gasteiger partial charge < -0.3 is 33.0 Å². The number of ether oxygens (including phenoxy) is 5. The Morgan fingerprint density at radius 1 is 0.883 bits per heavy atom. The Bertz CT molecular complexity index is 2480. The minimum absolute atomic E-state index is 0.0112. The van der Waals surface area contributed by atoms with Gasteiger partial charge in [-0.2, -0.15) is 5.10 Å². The summed E-state index contributed by atoms with van der Waals surface area (Å²) in [6.45, 7) is 11.3. The van der Waals surface area contributed by atoms with Crippen molar-refractivity contribution in [2.45, 2.75) is 45.6 Å². The molecular formula is C43H48BF4N3O7SSi. The Labute approximate surface area is 351 Å². The molecule has 0 N–H and O–H groups in total. The molecule has 7 rings (SSSR count). The fourth-order valence-electron chi connectivity index (χ4n) is 6.94. The number of benzene rings is 3. The maximum Gasteiger partial charge on any atom is 0.501 e. The standard InChI is InChI=1S/C43H48BF4N3O7SSi/c1-43(2)25-57-44(39-32(48)20-29(46)22-35(39)55-13-11-52-4)58-36(43)24-53-12-14-54-34-21-28(45)19-31(47)37(34)38-41-30(10-16-59-41)40(50-42(38)56-15-17-60(5,6)7)26-8-9-33-27(18-26)23-49-51(33)3/h8-10,16,18-23,36H,11-15,17,24-25H2,1-7H3. The van der Waals surface area contributed by atoms with Gasteiger partial charge in [0.2, 0.25) is 5.88 Å². The second-order valence-electron chi connectivity index (χ2n) is 16.6. The van der Waals surface area contributed by atoms with Crippen LogP contribution in [-0.2, 0) is 25.8 Å². The Morgan fingerprint density at radius 2 is 1.62 bits per heavy atom. The zero-order chi connectivity index (χ0) is 42.8. The molecule has 60 heavy (non-hydrogen) atoms. The van der Waals surface area contributed by atoms with Crippen LogP contribution in [0.15, 0.2) is 60.1 Å². The summed E-state index contributed by atoms with van der Waals surface area (Å²) in [5.74, 6) is -3.20. The summed E-state index contributed by atoms with van der Waals surface area (Å²) in [5.41, 5.74) is 2.24. The first-order valence-corrected chi connectivity index (χ1v) is 24.3. The molecule has 318 valence electrons. The van der Waals surface area contributed by atoms with Gasteiger partial charge in [0.25, 0.3) is 0 Å². The number of aryl methyl sites for hydroxylation is 1. The number of aromatic nitrogens is 3. The Hall–Kier alpha value is -4.52. The molecule has 3 aromatic heterocycles. The Morgan fingerprint density at radius 3 is 2.38 bits per heavy atom. The first-order chi connectivity index (χ1) is 28.6. The molecule has 1 aliphatic heterocycles. The smallest absolute Gasteiger partial charge is 0.491 e. The van der Waals surface area contributed by atoms with Crippen LogP contribution in [0.4, 0.5) is 17.6 Å². The van der Waals surface area contributed by atoms with Crippen molar-refractivity contribution >= 4 is 53.0 Å². The van der Waals surface area contributed by atoms with E-state index >= 15 is 8.78 Å². The number of thiophene rings is 1. The monoisotopic (exact) mass is 865 g/mol. The van der Waals surface area contributed by atoms with E-state index in [1.54, 1.807) is 10.9 Å². The molecule has 0 amide bonds.